The van der Waals surface area contributed by atoms with Crippen LogP contribution in [0, 0.1) is 5.82 Å². The van der Waals surface area contributed by atoms with Crippen molar-refractivity contribution in [3.63, 3.8) is 0 Å². The van der Waals surface area contributed by atoms with Crippen LogP contribution in [0.3, 0.4) is 0 Å². The topological polar surface area (TPSA) is 49.3 Å². The lowest BCUT2D eigenvalue weighted by Gasteiger charge is -2.18. The number of amides is 1. The number of aliphatic hydroxyl groups is 1. The Balaban J connectivity index is 2.18. The van der Waals surface area contributed by atoms with E-state index in [-0.39, 0.29) is 5.69 Å². The quantitative estimate of drug-likeness (QED) is 0.746. The van der Waals surface area contributed by atoms with Gasteiger partial charge in [0.15, 0.2) is 0 Å². The first-order valence-electron chi connectivity index (χ1n) is 5.84. The van der Waals surface area contributed by atoms with Gasteiger partial charge in [0.05, 0.1) is 5.69 Å². The standard InChI is InChI=1S/C14H16FNO2S/c1-14(2,18)13(17)16-12-6-5-10(9-11(12)15)19-7-3-4-8-19/h3-9,18-19H,1-2H3,(H,16,17). The van der Waals surface area contributed by atoms with E-state index in [1.54, 1.807) is 6.07 Å². The summed E-state index contributed by atoms with van der Waals surface area (Å²) in [6, 6.07) is 4.73. The van der Waals surface area contributed by atoms with Crippen molar-refractivity contribution in [3.05, 3.63) is 47.0 Å². The molecule has 1 heterocycles. The lowest BCUT2D eigenvalue weighted by molar-refractivity contribution is -0.130. The van der Waals surface area contributed by atoms with E-state index in [4.69, 9.17) is 0 Å². The molecule has 0 fully saturated rings. The molecule has 0 bridgehead atoms. The van der Waals surface area contributed by atoms with E-state index in [0.29, 0.717) is 0 Å². The van der Waals surface area contributed by atoms with E-state index in [2.05, 4.69) is 5.32 Å². The number of nitrogens with one attached hydrogen (secondary N) is 1. The van der Waals surface area contributed by atoms with Crippen molar-refractivity contribution in [3.8, 4) is 0 Å². The Morgan fingerprint density at radius 2 is 1.95 bits per heavy atom. The predicted octanol–water partition coefficient (Wildman–Crippen LogP) is 2.94. The summed E-state index contributed by atoms with van der Waals surface area (Å²) in [6.07, 6.45) is 3.88. The number of benzene rings is 1. The molecule has 0 radical (unpaired) electrons. The SMILES string of the molecule is CC(C)(O)C(=O)Nc1ccc([SH]2C=CC=C2)cc1F. The van der Waals surface area contributed by atoms with Crippen LogP contribution in [-0.2, 0) is 4.79 Å². The Hall–Kier alpha value is -1.59. The molecule has 2 rings (SSSR count). The molecule has 5 heteroatoms. The van der Waals surface area contributed by atoms with Crippen LogP contribution < -0.4 is 5.32 Å². The summed E-state index contributed by atoms with van der Waals surface area (Å²) in [4.78, 5) is 12.5. The van der Waals surface area contributed by atoms with Gasteiger partial charge in [0.25, 0.3) is 5.91 Å². The third-order valence-corrected chi connectivity index (χ3v) is 4.52. The number of anilines is 1. The average molecular weight is 281 g/mol. The fourth-order valence-electron chi connectivity index (χ4n) is 1.55. The largest absolute Gasteiger partial charge is 0.381 e. The van der Waals surface area contributed by atoms with Crippen molar-refractivity contribution in [2.24, 2.45) is 0 Å². The van der Waals surface area contributed by atoms with E-state index < -0.39 is 28.2 Å². The number of halogens is 1. The van der Waals surface area contributed by atoms with Gasteiger partial charge in [0, 0.05) is 0 Å². The van der Waals surface area contributed by atoms with Crippen molar-refractivity contribution < 1.29 is 14.3 Å². The van der Waals surface area contributed by atoms with E-state index in [9.17, 15) is 14.3 Å². The van der Waals surface area contributed by atoms with Crippen LogP contribution in [0.1, 0.15) is 13.8 Å². The summed E-state index contributed by atoms with van der Waals surface area (Å²) in [7, 11) is -0.575. The van der Waals surface area contributed by atoms with Crippen molar-refractivity contribution in [1.29, 1.82) is 0 Å². The van der Waals surface area contributed by atoms with E-state index >= 15 is 0 Å². The zero-order valence-electron chi connectivity index (χ0n) is 10.7. The van der Waals surface area contributed by atoms with E-state index in [1.807, 2.05) is 23.0 Å². The molecule has 0 atom stereocenters. The van der Waals surface area contributed by atoms with Crippen LogP contribution in [0.4, 0.5) is 10.1 Å². The van der Waals surface area contributed by atoms with Crippen LogP contribution in [0.25, 0.3) is 0 Å². The molecule has 1 aliphatic rings. The number of carbonyl (C=O) groups excluding carboxylic acids is 1. The maximum Gasteiger partial charge on any atom is 0.255 e. The zero-order chi connectivity index (χ0) is 14.0. The van der Waals surface area contributed by atoms with Crippen molar-refractivity contribution >= 4 is 22.5 Å². The summed E-state index contributed by atoms with van der Waals surface area (Å²) in [6.45, 7) is 2.71. The number of hydrogen-bond acceptors (Lipinski definition) is 2. The minimum atomic E-state index is -1.54. The molecular weight excluding hydrogens is 265 g/mol. The summed E-state index contributed by atoms with van der Waals surface area (Å²) in [5.41, 5.74) is -1.45. The van der Waals surface area contributed by atoms with Gasteiger partial charge in [-0.1, -0.05) is 12.2 Å². The fourth-order valence-corrected chi connectivity index (χ4v) is 3.07. The normalized spacial score (nSPS) is 15.9. The fraction of sp³-hybridized carbons (Fsp3) is 0.214. The molecule has 1 amide bonds. The first-order valence-corrected chi connectivity index (χ1v) is 7.32. The highest BCUT2D eigenvalue weighted by atomic mass is 32.2. The van der Waals surface area contributed by atoms with Gasteiger partial charge < -0.3 is 10.4 Å². The first kappa shape index (κ1) is 13.8. The molecule has 102 valence electrons. The number of rotatable bonds is 3. The van der Waals surface area contributed by atoms with Crippen molar-refractivity contribution in [1.82, 2.24) is 0 Å². The highest BCUT2D eigenvalue weighted by Gasteiger charge is 2.24. The van der Waals surface area contributed by atoms with Crippen molar-refractivity contribution in [2.45, 2.75) is 24.3 Å². The highest BCUT2D eigenvalue weighted by molar-refractivity contribution is 8.22. The summed E-state index contributed by atoms with van der Waals surface area (Å²) in [5.74, 6) is -1.13. The second-order valence-electron chi connectivity index (χ2n) is 4.77. The van der Waals surface area contributed by atoms with Crippen LogP contribution in [0.15, 0.2) is 46.1 Å². The molecule has 0 spiro atoms. The smallest absolute Gasteiger partial charge is 0.255 e. The Bertz CT molecular complexity index is 549. The Morgan fingerprint density at radius 3 is 2.47 bits per heavy atom. The van der Waals surface area contributed by atoms with Crippen LogP contribution in [0.2, 0.25) is 0 Å². The monoisotopic (exact) mass is 281 g/mol. The zero-order valence-corrected chi connectivity index (χ0v) is 11.6. The van der Waals surface area contributed by atoms with Gasteiger partial charge in [-0.25, -0.2) is 4.39 Å². The van der Waals surface area contributed by atoms with Gasteiger partial charge in [-0.2, -0.15) is 10.9 Å². The molecule has 0 aromatic heterocycles. The van der Waals surface area contributed by atoms with Gasteiger partial charge in [0.2, 0.25) is 0 Å². The van der Waals surface area contributed by atoms with Gasteiger partial charge in [-0.3, -0.25) is 4.79 Å². The number of hydrogen-bond donors (Lipinski definition) is 3. The number of carbonyl (C=O) groups is 1. The summed E-state index contributed by atoms with van der Waals surface area (Å²) < 4.78 is 13.9. The Kier molecular flexibility index (Phi) is 3.78. The van der Waals surface area contributed by atoms with Crippen LogP contribution >= 0.6 is 10.9 Å². The van der Waals surface area contributed by atoms with Gasteiger partial charge in [-0.05, 0) is 47.8 Å². The Labute approximate surface area is 114 Å². The molecule has 19 heavy (non-hydrogen) atoms. The second kappa shape index (κ2) is 5.19. The number of allylic oxidation sites excluding steroid dienone is 2. The van der Waals surface area contributed by atoms with Gasteiger partial charge in [-0.15, -0.1) is 0 Å². The third-order valence-electron chi connectivity index (χ3n) is 2.66. The molecule has 0 aliphatic carbocycles. The lowest BCUT2D eigenvalue weighted by atomic mass is 10.1. The molecule has 2 N–H and O–H groups in total. The Morgan fingerprint density at radius 1 is 1.32 bits per heavy atom. The van der Waals surface area contributed by atoms with Gasteiger partial charge in [0.1, 0.15) is 11.4 Å². The van der Waals surface area contributed by atoms with Crippen molar-refractivity contribution in [2.75, 3.05) is 5.32 Å². The minimum Gasteiger partial charge on any atom is -0.381 e. The third kappa shape index (κ3) is 3.24. The molecule has 0 saturated carbocycles. The summed E-state index contributed by atoms with van der Waals surface area (Å²) >= 11 is 0. The maximum absolute atomic E-state index is 13.9. The lowest BCUT2D eigenvalue weighted by Crippen LogP contribution is -2.36. The predicted molar refractivity (Wildman–Crippen MR) is 76.9 cm³/mol. The minimum absolute atomic E-state index is 0.0815. The molecular formula is C14H16FNO2S. The average Bonchev–Trinajstić information content (AvgIpc) is 2.84. The number of thiol groups is 1. The van der Waals surface area contributed by atoms with E-state index in [1.165, 1.54) is 26.0 Å². The molecule has 0 unspecified atom stereocenters. The highest BCUT2D eigenvalue weighted by Crippen LogP contribution is 2.42. The second-order valence-corrected chi connectivity index (χ2v) is 6.69. The molecule has 3 nitrogen and oxygen atoms in total. The van der Waals surface area contributed by atoms with E-state index in [0.717, 1.165) is 4.90 Å². The summed E-state index contributed by atoms with van der Waals surface area (Å²) in [5, 5.41) is 15.9. The first-order chi connectivity index (χ1) is 8.88. The van der Waals surface area contributed by atoms with Crippen LogP contribution in [-0.4, -0.2) is 16.6 Å². The van der Waals surface area contributed by atoms with Gasteiger partial charge >= 0.3 is 0 Å². The molecule has 1 aliphatic heterocycles. The molecule has 1 aromatic carbocycles. The van der Waals surface area contributed by atoms with Crippen LogP contribution in [0.5, 0.6) is 0 Å². The maximum atomic E-state index is 13.9. The molecule has 1 aromatic rings. The molecule has 0 saturated heterocycles.